The molecule has 0 spiro atoms. The first-order chi connectivity index (χ1) is 45.0. The minimum atomic E-state index is -0.866. The number of rotatable bonds is 19. The van der Waals surface area contributed by atoms with Crippen molar-refractivity contribution in [2.75, 3.05) is 37.2 Å². The van der Waals surface area contributed by atoms with Crippen molar-refractivity contribution in [3.8, 4) is 56.4 Å². The number of benzene rings is 12. The van der Waals surface area contributed by atoms with Crippen LogP contribution in [0.5, 0.6) is 23.0 Å². The van der Waals surface area contributed by atoms with Crippen LogP contribution >= 0.6 is 0 Å². The van der Waals surface area contributed by atoms with Gasteiger partial charge in [0.15, 0.2) is 0 Å². The highest BCUT2D eigenvalue weighted by atomic mass is 19.1. The number of ether oxygens (including phenoxy) is 4. The summed E-state index contributed by atoms with van der Waals surface area (Å²) in [6.07, 6.45) is 3.42. The SMILES string of the molecule is C=CCOc1ccc(C2(c3ccc(OC)cc3)c3ccccc3-c3ccc(N(c4ccc(-c5ccc(N(c6ccc7c(c6)C(c6ccc(OC)cc6)(c6ccc(OCC=C)cc6)c6ccccc6-7)c6ccc(F)cc6F)cc5)cc4)c4ccc(F)cc4F)cc32)cc1. The van der Waals surface area contributed by atoms with Crippen LogP contribution in [-0.4, -0.2) is 27.4 Å². The lowest BCUT2D eigenvalue weighted by Crippen LogP contribution is -2.29. The maximum atomic E-state index is 16.6. The van der Waals surface area contributed by atoms with Crippen LogP contribution in [0.25, 0.3) is 33.4 Å². The molecule has 450 valence electrons. The summed E-state index contributed by atoms with van der Waals surface area (Å²) in [4.78, 5) is 3.63. The third-order valence-corrected chi connectivity index (χ3v) is 17.8. The molecule has 2 aliphatic rings. The zero-order valence-corrected chi connectivity index (χ0v) is 50.4. The maximum Gasteiger partial charge on any atom is 0.150 e. The van der Waals surface area contributed by atoms with Crippen LogP contribution in [0.1, 0.15) is 44.5 Å². The quantitative estimate of drug-likeness (QED) is 0.0594. The minimum absolute atomic E-state index is 0.147. The first kappa shape index (κ1) is 58.3. The lowest BCUT2D eigenvalue weighted by molar-refractivity contribution is 0.363. The summed E-state index contributed by atoms with van der Waals surface area (Å²) in [7, 11) is 3.29. The number of hydrogen-bond donors (Lipinski definition) is 0. The first-order valence-corrected chi connectivity index (χ1v) is 30.2. The normalized spacial score (nSPS) is 14.9. The standard InChI is InChI=1S/C82H60F4N2O4/c1-5-47-91-67-39-23-57(24-40-67)81(55-19-35-65(89-3)36-20-55)73-13-9-7-11-69(73)71-43-33-63(51-75(71)81)87(79-45-27-59(83)49-77(79)85)61-29-15-53(16-30-61)54-17-31-62(32-18-54)88(80-46-28-60(84)50-78(80)86)64-34-44-72-70-12-8-10-14-74(70)82(76(72)52-64,56-21-37-66(90-4)38-22-56)58-25-41-68(42-26-58)92-48-6-2/h5-46,49-52H,1-2,47-48H2,3-4H3. The molecule has 2 aliphatic carbocycles. The summed E-state index contributed by atoms with van der Waals surface area (Å²) in [6, 6.07) is 84.4. The van der Waals surface area contributed by atoms with Gasteiger partial charge in [0.05, 0.1) is 36.4 Å². The monoisotopic (exact) mass is 1210 g/mol. The second-order valence-corrected chi connectivity index (χ2v) is 22.7. The molecule has 12 aromatic carbocycles. The molecule has 12 aromatic rings. The van der Waals surface area contributed by atoms with Gasteiger partial charge >= 0.3 is 0 Å². The molecule has 2 unspecified atom stereocenters. The van der Waals surface area contributed by atoms with Gasteiger partial charge in [0.1, 0.15) is 59.5 Å². The van der Waals surface area contributed by atoms with E-state index in [9.17, 15) is 8.78 Å². The number of hydrogen-bond acceptors (Lipinski definition) is 6. The van der Waals surface area contributed by atoms with E-state index >= 15 is 8.78 Å². The number of nitrogens with zero attached hydrogens (tertiary/aromatic N) is 2. The van der Waals surface area contributed by atoms with E-state index < -0.39 is 34.1 Å². The fraction of sp³-hybridized carbons (Fsp3) is 0.0732. The Morgan fingerprint density at radius 1 is 0.337 bits per heavy atom. The molecule has 0 N–H and O–H groups in total. The van der Waals surface area contributed by atoms with Gasteiger partial charge in [-0.05, 0) is 199 Å². The van der Waals surface area contributed by atoms with E-state index in [0.717, 1.165) is 90.0 Å². The summed E-state index contributed by atoms with van der Waals surface area (Å²) in [6.45, 7) is 8.36. The summed E-state index contributed by atoms with van der Waals surface area (Å²) < 4.78 is 86.3. The zero-order valence-electron chi connectivity index (χ0n) is 50.4. The predicted molar refractivity (Wildman–Crippen MR) is 360 cm³/mol. The van der Waals surface area contributed by atoms with Crippen LogP contribution in [-0.2, 0) is 10.8 Å². The Morgan fingerprint density at radius 2 is 0.663 bits per heavy atom. The van der Waals surface area contributed by atoms with Crippen molar-refractivity contribution in [3.05, 3.63) is 360 Å². The Bertz CT molecular complexity index is 4450. The van der Waals surface area contributed by atoms with Crippen molar-refractivity contribution in [2.45, 2.75) is 10.8 Å². The van der Waals surface area contributed by atoms with Crippen molar-refractivity contribution in [1.82, 2.24) is 0 Å². The summed E-state index contributed by atoms with van der Waals surface area (Å²) in [5, 5.41) is 0. The second-order valence-electron chi connectivity index (χ2n) is 22.7. The highest BCUT2D eigenvalue weighted by Gasteiger charge is 2.48. The molecule has 2 atom stereocenters. The summed E-state index contributed by atoms with van der Waals surface area (Å²) in [5.41, 5.74) is 14.8. The van der Waals surface area contributed by atoms with E-state index in [-0.39, 0.29) is 11.4 Å². The van der Waals surface area contributed by atoms with Gasteiger partial charge in [-0.15, -0.1) is 0 Å². The van der Waals surface area contributed by atoms with Gasteiger partial charge in [-0.1, -0.05) is 159 Å². The smallest absolute Gasteiger partial charge is 0.150 e. The van der Waals surface area contributed by atoms with E-state index in [0.29, 0.717) is 59.0 Å². The number of fused-ring (bicyclic) bond motifs is 6. The Kier molecular flexibility index (Phi) is 15.3. The van der Waals surface area contributed by atoms with E-state index in [1.165, 1.54) is 24.3 Å². The summed E-state index contributed by atoms with van der Waals surface area (Å²) >= 11 is 0. The van der Waals surface area contributed by atoms with Gasteiger partial charge in [-0.25, -0.2) is 17.6 Å². The molecule has 10 heteroatoms. The van der Waals surface area contributed by atoms with Crippen molar-refractivity contribution in [2.24, 2.45) is 0 Å². The topological polar surface area (TPSA) is 43.4 Å². The Balaban J connectivity index is 0.866. The lowest BCUT2D eigenvalue weighted by Gasteiger charge is -2.35. The molecule has 92 heavy (non-hydrogen) atoms. The molecule has 0 heterocycles. The number of halogens is 4. The Hall–Kier alpha value is -11.4. The molecule has 14 rings (SSSR count). The van der Waals surface area contributed by atoms with Gasteiger partial charge in [0.2, 0.25) is 0 Å². The fourth-order valence-corrected chi connectivity index (χ4v) is 13.8. The van der Waals surface area contributed by atoms with Crippen LogP contribution in [0.4, 0.5) is 51.7 Å². The maximum absolute atomic E-state index is 16.6. The summed E-state index contributed by atoms with van der Waals surface area (Å²) in [5.74, 6) is -0.0656. The van der Waals surface area contributed by atoms with Crippen molar-refractivity contribution < 1.29 is 36.5 Å². The van der Waals surface area contributed by atoms with E-state index in [2.05, 4.69) is 110 Å². The lowest BCUT2D eigenvalue weighted by atomic mass is 9.67. The molecule has 0 saturated heterocycles. The fourth-order valence-electron chi connectivity index (χ4n) is 13.8. The van der Waals surface area contributed by atoms with Crippen molar-refractivity contribution >= 4 is 34.1 Å². The van der Waals surface area contributed by atoms with Gasteiger partial charge in [-0.3, -0.25) is 0 Å². The van der Waals surface area contributed by atoms with Crippen LogP contribution < -0.4 is 28.7 Å². The largest absolute Gasteiger partial charge is 0.497 e. The third kappa shape index (κ3) is 9.92. The molecule has 0 bridgehead atoms. The Labute approximate surface area is 532 Å². The highest BCUT2D eigenvalue weighted by Crippen LogP contribution is 2.60. The predicted octanol–water partition coefficient (Wildman–Crippen LogP) is 20.7. The molecule has 0 fully saturated rings. The number of anilines is 6. The molecular weight excluding hydrogens is 1150 g/mol. The van der Waals surface area contributed by atoms with Gasteiger partial charge in [0, 0.05) is 34.9 Å². The molecular formula is C82H60F4N2O4. The first-order valence-electron chi connectivity index (χ1n) is 30.2. The molecule has 0 aromatic heterocycles. The minimum Gasteiger partial charge on any atom is -0.497 e. The van der Waals surface area contributed by atoms with Crippen LogP contribution in [0.2, 0.25) is 0 Å². The molecule has 0 radical (unpaired) electrons. The average Bonchev–Trinajstić information content (AvgIpc) is 1.53. The van der Waals surface area contributed by atoms with E-state index in [1.54, 1.807) is 26.4 Å². The highest BCUT2D eigenvalue weighted by molar-refractivity contribution is 5.92. The van der Waals surface area contributed by atoms with Crippen LogP contribution in [0, 0.1) is 23.3 Å². The van der Waals surface area contributed by atoms with Crippen molar-refractivity contribution in [3.63, 3.8) is 0 Å². The van der Waals surface area contributed by atoms with E-state index in [4.69, 9.17) is 18.9 Å². The zero-order chi connectivity index (χ0) is 63.1. The van der Waals surface area contributed by atoms with Gasteiger partial charge in [-0.2, -0.15) is 0 Å². The molecule has 0 amide bonds. The van der Waals surface area contributed by atoms with Gasteiger partial charge < -0.3 is 28.7 Å². The second kappa shape index (κ2) is 24.2. The van der Waals surface area contributed by atoms with Crippen LogP contribution in [0.15, 0.2) is 292 Å². The average molecular weight is 1210 g/mol. The Morgan fingerprint density at radius 3 is 1.00 bits per heavy atom. The number of methoxy groups -OCH3 is 2. The molecule has 0 saturated carbocycles. The van der Waals surface area contributed by atoms with Crippen LogP contribution in [0.3, 0.4) is 0 Å². The molecule has 6 nitrogen and oxygen atoms in total. The van der Waals surface area contributed by atoms with E-state index in [1.807, 2.05) is 143 Å². The van der Waals surface area contributed by atoms with Gasteiger partial charge in [0.25, 0.3) is 0 Å². The van der Waals surface area contributed by atoms with Crippen molar-refractivity contribution in [1.29, 1.82) is 0 Å². The molecule has 0 aliphatic heterocycles. The third-order valence-electron chi connectivity index (χ3n) is 17.8.